The Kier molecular flexibility index (Phi) is 5.84. The van der Waals surface area contributed by atoms with E-state index < -0.39 is 5.54 Å². The summed E-state index contributed by atoms with van der Waals surface area (Å²) in [4.78, 5) is 27.4. The highest BCUT2D eigenvalue weighted by molar-refractivity contribution is 5.94. The fraction of sp³-hybridized carbons (Fsp3) is 0.619. The predicted molar refractivity (Wildman–Crippen MR) is 101 cm³/mol. The first-order chi connectivity index (χ1) is 12.5. The van der Waals surface area contributed by atoms with Crippen molar-refractivity contribution in [2.45, 2.75) is 76.9 Å². The van der Waals surface area contributed by atoms with E-state index in [-0.39, 0.29) is 17.9 Å². The zero-order valence-corrected chi connectivity index (χ0v) is 15.9. The molecule has 0 aromatic heterocycles. The number of carbonyl (C=O) groups is 2. The minimum Gasteiger partial charge on any atom is -0.494 e. The average molecular weight is 358 g/mol. The Labute approximate surface area is 156 Å². The first kappa shape index (κ1) is 18.7. The van der Waals surface area contributed by atoms with Crippen molar-refractivity contribution < 1.29 is 14.3 Å². The molecule has 0 spiro atoms. The van der Waals surface area contributed by atoms with Crippen LogP contribution >= 0.6 is 0 Å². The smallest absolute Gasteiger partial charge is 0.245 e. The van der Waals surface area contributed by atoms with Gasteiger partial charge in [-0.25, -0.2) is 0 Å². The molecule has 0 bridgehead atoms. The second-order valence-corrected chi connectivity index (χ2v) is 7.60. The van der Waals surface area contributed by atoms with Crippen molar-refractivity contribution in [1.82, 2.24) is 10.2 Å². The van der Waals surface area contributed by atoms with Gasteiger partial charge in [0.2, 0.25) is 11.8 Å². The van der Waals surface area contributed by atoms with Gasteiger partial charge < -0.3 is 15.0 Å². The van der Waals surface area contributed by atoms with Crippen molar-refractivity contribution in [2.75, 3.05) is 6.61 Å². The third kappa shape index (κ3) is 3.87. The molecule has 1 saturated carbocycles. The van der Waals surface area contributed by atoms with E-state index in [1.54, 1.807) is 4.90 Å². The maximum Gasteiger partial charge on any atom is 0.245 e. The zero-order valence-electron chi connectivity index (χ0n) is 15.9. The van der Waals surface area contributed by atoms with E-state index in [1.165, 1.54) is 19.3 Å². The molecule has 5 nitrogen and oxygen atoms in total. The molecule has 0 unspecified atom stereocenters. The normalized spacial score (nSPS) is 23.9. The average Bonchev–Trinajstić information content (AvgIpc) is 2.94. The summed E-state index contributed by atoms with van der Waals surface area (Å²) in [6.45, 7) is 4.83. The summed E-state index contributed by atoms with van der Waals surface area (Å²) in [5.41, 5.74) is 0.162. The van der Waals surface area contributed by atoms with Gasteiger partial charge in [-0.15, -0.1) is 0 Å². The SMILES string of the molecule is CCOc1ccccc1CN1C(=O)CC[C@@]1(C)C(=O)NC1CCCCC1. The van der Waals surface area contributed by atoms with E-state index in [0.717, 1.165) is 24.2 Å². The second-order valence-electron chi connectivity index (χ2n) is 7.60. The predicted octanol–water partition coefficient (Wildman–Crippen LogP) is 3.42. The Balaban J connectivity index is 1.76. The van der Waals surface area contributed by atoms with Gasteiger partial charge in [0.25, 0.3) is 0 Å². The van der Waals surface area contributed by atoms with Gasteiger partial charge in [-0.3, -0.25) is 9.59 Å². The Morgan fingerprint density at radius 2 is 2.00 bits per heavy atom. The number of para-hydroxylation sites is 1. The lowest BCUT2D eigenvalue weighted by atomic mass is 9.92. The van der Waals surface area contributed by atoms with Gasteiger partial charge in [0.05, 0.1) is 13.2 Å². The van der Waals surface area contributed by atoms with Crippen molar-refractivity contribution >= 4 is 11.8 Å². The topological polar surface area (TPSA) is 58.6 Å². The minimum absolute atomic E-state index is 0.0101. The molecular weight excluding hydrogens is 328 g/mol. The van der Waals surface area contributed by atoms with Crippen molar-refractivity contribution in [3.63, 3.8) is 0 Å². The molecule has 1 saturated heterocycles. The van der Waals surface area contributed by atoms with Crippen molar-refractivity contribution in [3.05, 3.63) is 29.8 Å². The maximum absolute atomic E-state index is 13.1. The van der Waals surface area contributed by atoms with Crippen LogP contribution < -0.4 is 10.1 Å². The molecule has 5 heteroatoms. The van der Waals surface area contributed by atoms with Crippen LogP contribution in [0.15, 0.2) is 24.3 Å². The van der Waals surface area contributed by atoms with Crippen LogP contribution in [0, 0.1) is 0 Å². The number of carbonyl (C=O) groups excluding carboxylic acids is 2. The van der Waals surface area contributed by atoms with Gasteiger partial charge in [0.1, 0.15) is 11.3 Å². The molecule has 2 amide bonds. The fourth-order valence-corrected chi connectivity index (χ4v) is 4.08. The number of ether oxygens (including phenoxy) is 1. The van der Waals surface area contributed by atoms with E-state index in [1.807, 2.05) is 38.1 Å². The van der Waals surface area contributed by atoms with E-state index in [2.05, 4.69) is 5.32 Å². The Morgan fingerprint density at radius 3 is 2.73 bits per heavy atom. The summed E-state index contributed by atoms with van der Waals surface area (Å²) in [6, 6.07) is 8.00. The lowest BCUT2D eigenvalue weighted by Crippen LogP contribution is -2.56. The highest BCUT2D eigenvalue weighted by Gasteiger charge is 2.47. The first-order valence-corrected chi connectivity index (χ1v) is 9.86. The molecule has 2 fully saturated rings. The van der Waals surface area contributed by atoms with Crippen molar-refractivity contribution in [1.29, 1.82) is 0 Å². The molecule has 1 aromatic carbocycles. The van der Waals surface area contributed by atoms with Crippen molar-refractivity contribution in [3.8, 4) is 5.75 Å². The number of benzene rings is 1. The molecule has 2 aliphatic rings. The van der Waals surface area contributed by atoms with Crippen LogP contribution in [0.1, 0.15) is 64.4 Å². The third-order valence-corrected chi connectivity index (χ3v) is 5.75. The van der Waals surface area contributed by atoms with E-state index in [4.69, 9.17) is 4.74 Å². The Bertz CT molecular complexity index is 654. The van der Waals surface area contributed by atoms with Crippen LogP contribution in [-0.4, -0.2) is 34.9 Å². The van der Waals surface area contributed by atoms with E-state index in [9.17, 15) is 9.59 Å². The molecule has 0 radical (unpaired) electrons. The van der Waals surface area contributed by atoms with Gasteiger partial charge in [-0.2, -0.15) is 0 Å². The van der Waals surface area contributed by atoms with Gasteiger partial charge in [0, 0.05) is 18.0 Å². The van der Waals surface area contributed by atoms with Crippen LogP contribution in [0.4, 0.5) is 0 Å². The third-order valence-electron chi connectivity index (χ3n) is 5.75. The highest BCUT2D eigenvalue weighted by Crippen LogP contribution is 2.34. The lowest BCUT2D eigenvalue weighted by Gasteiger charge is -2.36. The van der Waals surface area contributed by atoms with Crippen LogP contribution in [0.2, 0.25) is 0 Å². The molecule has 142 valence electrons. The number of rotatable bonds is 6. The standard InChI is InChI=1S/C21H30N2O3/c1-3-26-18-12-8-7-9-16(18)15-23-19(24)13-14-21(23,2)20(25)22-17-10-5-4-6-11-17/h7-9,12,17H,3-6,10-11,13-15H2,1-2H3,(H,22,25)/t21-/m0/s1. The summed E-state index contributed by atoms with van der Waals surface area (Å²) in [5.74, 6) is 0.812. The van der Waals surface area contributed by atoms with Gasteiger partial charge in [-0.1, -0.05) is 37.5 Å². The fourth-order valence-electron chi connectivity index (χ4n) is 4.08. The van der Waals surface area contributed by atoms with Crippen molar-refractivity contribution in [2.24, 2.45) is 0 Å². The molecule has 1 aliphatic heterocycles. The first-order valence-electron chi connectivity index (χ1n) is 9.86. The number of hydrogen-bond donors (Lipinski definition) is 1. The molecule has 3 rings (SSSR count). The number of amides is 2. The van der Waals surface area contributed by atoms with Gasteiger partial charge in [0.15, 0.2) is 0 Å². The minimum atomic E-state index is -0.784. The molecule has 1 aromatic rings. The zero-order chi connectivity index (χ0) is 18.6. The highest BCUT2D eigenvalue weighted by atomic mass is 16.5. The molecule has 1 heterocycles. The molecule has 1 atom stereocenters. The van der Waals surface area contributed by atoms with Crippen LogP contribution in [0.5, 0.6) is 5.75 Å². The second kappa shape index (κ2) is 8.11. The monoisotopic (exact) mass is 358 g/mol. The van der Waals surface area contributed by atoms with Crippen LogP contribution in [-0.2, 0) is 16.1 Å². The Morgan fingerprint density at radius 1 is 1.27 bits per heavy atom. The molecule has 1 aliphatic carbocycles. The number of nitrogens with one attached hydrogen (secondary N) is 1. The summed E-state index contributed by atoms with van der Waals surface area (Å²) < 4.78 is 5.69. The number of hydrogen-bond acceptors (Lipinski definition) is 3. The summed E-state index contributed by atoms with van der Waals surface area (Å²) in [7, 11) is 0. The number of nitrogens with zero attached hydrogens (tertiary/aromatic N) is 1. The van der Waals surface area contributed by atoms with Crippen LogP contribution in [0.25, 0.3) is 0 Å². The van der Waals surface area contributed by atoms with Gasteiger partial charge >= 0.3 is 0 Å². The summed E-state index contributed by atoms with van der Waals surface area (Å²) in [6.07, 6.45) is 6.68. The van der Waals surface area contributed by atoms with E-state index >= 15 is 0 Å². The maximum atomic E-state index is 13.1. The Hall–Kier alpha value is -2.04. The molecular formula is C21H30N2O3. The summed E-state index contributed by atoms with van der Waals surface area (Å²) in [5, 5.41) is 3.21. The molecule has 1 N–H and O–H groups in total. The largest absolute Gasteiger partial charge is 0.494 e. The summed E-state index contributed by atoms with van der Waals surface area (Å²) >= 11 is 0. The van der Waals surface area contributed by atoms with Crippen LogP contribution in [0.3, 0.4) is 0 Å². The van der Waals surface area contributed by atoms with Gasteiger partial charge in [-0.05, 0) is 39.2 Å². The number of likely N-dealkylation sites (tertiary alicyclic amines) is 1. The molecule has 26 heavy (non-hydrogen) atoms. The quantitative estimate of drug-likeness (QED) is 0.848. The lowest BCUT2D eigenvalue weighted by molar-refractivity contribution is -0.141. The van der Waals surface area contributed by atoms with E-state index in [0.29, 0.717) is 26.0 Å².